The summed E-state index contributed by atoms with van der Waals surface area (Å²) >= 11 is 0. The molecule has 0 saturated carbocycles. The smallest absolute Gasteiger partial charge is 0.123 e. The van der Waals surface area contributed by atoms with Crippen molar-refractivity contribution in [2.75, 3.05) is 13.2 Å². The lowest BCUT2D eigenvalue weighted by atomic mass is 10.0. The van der Waals surface area contributed by atoms with Gasteiger partial charge in [-0.3, -0.25) is 0 Å². The Morgan fingerprint density at radius 3 is 2.90 bits per heavy atom. The zero-order chi connectivity index (χ0) is 14.6. The number of fused-ring (bicyclic) bond motifs is 1. The van der Waals surface area contributed by atoms with Crippen LogP contribution < -0.4 is 10.1 Å². The lowest BCUT2D eigenvalue weighted by Crippen LogP contribution is -2.24. The lowest BCUT2D eigenvalue weighted by Gasteiger charge is -2.16. The van der Waals surface area contributed by atoms with E-state index in [2.05, 4.69) is 51.2 Å². The molecule has 3 heteroatoms. The summed E-state index contributed by atoms with van der Waals surface area (Å²) in [5, 5.41) is 3.47. The van der Waals surface area contributed by atoms with Crippen LogP contribution in [0.3, 0.4) is 0 Å². The molecule has 2 rings (SSSR count). The van der Waals surface area contributed by atoms with E-state index in [1.807, 2.05) is 0 Å². The lowest BCUT2D eigenvalue weighted by molar-refractivity contribution is 0.0770. The zero-order valence-electron chi connectivity index (χ0n) is 13.2. The van der Waals surface area contributed by atoms with Gasteiger partial charge in [0.15, 0.2) is 0 Å². The van der Waals surface area contributed by atoms with Gasteiger partial charge < -0.3 is 14.8 Å². The largest absolute Gasteiger partial charge is 0.487 e. The summed E-state index contributed by atoms with van der Waals surface area (Å²) in [4.78, 5) is 0. The van der Waals surface area contributed by atoms with E-state index >= 15 is 0 Å². The average molecular weight is 277 g/mol. The molecular formula is C17H27NO2. The SMILES string of the molecule is CC(C)OCCCNCc1ccc2c(c1)CC(C)(C)O2. The van der Waals surface area contributed by atoms with Crippen LogP contribution in [0.5, 0.6) is 5.75 Å². The molecule has 0 aliphatic carbocycles. The highest BCUT2D eigenvalue weighted by Gasteiger charge is 2.29. The summed E-state index contributed by atoms with van der Waals surface area (Å²) in [5.41, 5.74) is 2.61. The maximum atomic E-state index is 5.89. The molecule has 112 valence electrons. The van der Waals surface area contributed by atoms with E-state index in [0.29, 0.717) is 6.10 Å². The molecular weight excluding hydrogens is 250 g/mol. The third-order valence-corrected chi connectivity index (χ3v) is 3.41. The fraction of sp³-hybridized carbons (Fsp3) is 0.647. The highest BCUT2D eigenvalue weighted by Crippen LogP contribution is 2.35. The zero-order valence-corrected chi connectivity index (χ0v) is 13.2. The first kappa shape index (κ1) is 15.3. The molecule has 0 bridgehead atoms. The first-order chi connectivity index (χ1) is 9.46. The quantitative estimate of drug-likeness (QED) is 0.776. The molecule has 0 aromatic heterocycles. The summed E-state index contributed by atoms with van der Waals surface area (Å²) < 4.78 is 11.4. The van der Waals surface area contributed by atoms with Gasteiger partial charge in [-0.2, -0.15) is 0 Å². The van der Waals surface area contributed by atoms with E-state index < -0.39 is 0 Å². The van der Waals surface area contributed by atoms with E-state index in [4.69, 9.17) is 9.47 Å². The maximum absolute atomic E-state index is 5.89. The van der Waals surface area contributed by atoms with E-state index in [1.54, 1.807) is 0 Å². The van der Waals surface area contributed by atoms with Crippen molar-refractivity contribution in [3.63, 3.8) is 0 Å². The van der Waals surface area contributed by atoms with E-state index in [9.17, 15) is 0 Å². The molecule has 0 amide bonds. The topological polar surface area (TPSA) is 30.5 Å². The van der Waals surface area contributed by atoms with Crippen molar-refractivity contribution < 1.29 is 9.47 Å². The number of hydrogen-bond acceptors (Lipinski definition) is 3. The van der Waals surface area contributed by atoms with Crippen molar-refractivity contribution in [3.05, 3.63) is 29.3 Å². The van der Waals surface area contributed by atoms with Crippen LogP contribution >= 0.6 is 0 Å². The monoisotopic (exact) mass is 277 g/mol. The molecule has 0 fully saturated rings. The number of rotatable bonds is 7. The molecule has 1 aromatic rings. The molecule has 0 atom stereocenters. The molecule has 20 heavy (non-hydrogen) atoms. The van der Waals surface area contributed by atoms with Gasteiger partial charge in [0.1, 0.15) is 11.4 Å². The predicted octanol–water partition coefficient (Wildman–Crippen LogP) is 3.30. The van der Waals surface area contributed by atoms with Gasteiger partial charge in [-0.1, -0.05) is 12.1 Å². The van der Waals surface area contributed by atoms with Crippen molar-refractivity contribution in [2.45, 2.75) is 58.8 Å². The van der Waals surface area contributed by atoms with Gasteiger partial charge in [0.05, 0.1) is 6.10 Å². The minimum absolute atomic E-state index is 0.0530. The van der Waals surface area contributed by atoms with Crippen LogP contribution in [0.1, 0.15) is 45.2 Å². The van der Waals surface area contributed by atoms with Gasteiger partial charge in [-0.05, 0) is 57.9 Å². The maximum Gasteiger partial charge on any atom is 0.123 e. The number of ether oxygens (including phenoxy) is 2. The van der Waals surface area contributed by atoms with Crippen molar-refractivity contribution in [1.82, 2.24) is 5.32 Å². The molecule has 1 heterocycles. The molecule has 0 radical (unpaired) electrons. The Balaban J connectivity index is 1.73. The van der Waals surface area contributed by atoms with Crippen molar-refractivity contribution in [1.29, 1.82) is 0 Å². The summed E-state index contributed by atoms with van der Waals surface area (Å²) in [6.45, 7) is 11.2. The highest BCUT2D eigenvalue weighted by molar-refractivity contribution is 5.41. The van der Waals surface area contributed by atoms with Crippen molar-refractivity contribution in [2.24, 2.45) is 0 Å². The first-order valence-corrected chi connectivity index (χ1v) is 7.59. The van der Waals surface area contributed by atoms with Gasteiger partial charge in [0.2, 0.25) is 0 Å². The van der Waals surface area contributed by atoms with Crippen LogP contribution in [0.25, 0.3) is 0 Å². The number of nitrogens with one attached hydrogen (secondary N) is 1. The molecule has 1 N–H and O–H groups in total. The second-order valence-electron chi connectivity index (χ2n) is 6.43. The normalized spacial score (nSPS) is 16.2. The van der Waals surface area contributed by atoms with Crippen LogP contribution in [-0.2, 0) is 17.7 Å². The standard InChI is InChI=1S/C17H27NO2/c1-13(2)19-9-5-8-18-12-14-6-7-16-15(10-14)11-17(3,4)20-16/h6-7,10,13,18H,5,8-9,11-12H2,1-4H3. The highest BCUT2D eigenvalue weighted by atomic mass is 16.5. The van der Waals surface area contributed by atoms with Crippen molar-refractivity contribution in [3.8, 4) is 5.75 Å². The predicted molar refractivity (Wildman–Crippen MR) is 82.3 cm³/mol. The average Bonchev–Trinajstić information content (AvgIpc) is 2.66. The second kappa shape index (κ2) is 6.59. The van der Waals surface area contributed by atoms with Crippen LogP contribution in [0.4, 0.5) is 0 Å². The van der Waals surface area contributed by atoms with Gasteiger partial charge >= 0.3 is 0 Å². The Morgan fingerprint density at radius 1 is 1.35 bits per heavy atom. The fourth-order valence-electron chi connectivity index (χ4n) is 2.52. The Labute approximate surface area is 122 Å². The van der Waals surface area contributed by atoms with Gasteiger partial charge in [-0.25, -0.2) is 0 Å². The third kappa shape index (κ3) is 4.50. The summed E-state index contributed by atoms with van der Waals surface area (Å²) in [5.74, 6) is 1.05. The molecule has 0 saturated heterocycles. The third-order valence-electron chi connectivity index (χ3n) is 3.41. The fourth-order valence-corrected chi connectivity index (χ4v) is 2.52. The van der Waals surface area contributed by atoms with E-state index in [1.165, 1.54) is 11.1 Å². The minimum Gasteiger partial charge on any atom is -0.487 e. The van der Waals surface area contributed by atoms with Crippen LogP contribution in [0.2, 0.25) is 0 Å². The Bertz CT molecular complexity index is 441. The second-order valence-corrected chi connectivity index (χ2v) is 6.43. The number of hydrogen-bond donors (Lipinski definition) is 1. The van der Waals surface area contributed by atoms with Gasteiger partial charge in [-0.15, -0.1) is 0 Å². The Kier molecular flexibility index (Phi) is 5.06. The number of benzene rings is 1. The molecule has 3 nitrogen and oxygen atoms in total. The molecule has 0 spiro atoms. The molecule has 1 aliphatic rings. The van der Waals surface area contributed by atoms with Crippen LogP contribution in [0.15, 0.2) is 18.2 Å². The van der Waals surface area contributed by atoms with E-state index in [-0.39, 0.29) is 5.60 Å². The molecule has 1 aliphatic heterocycles. The van der Waals surface area contributed by atoms with Crippen LogP contribution in [0, 0.1) is 0 Å². The summed E-state index contributed by atoms with van der Waals surface area (Å²) in [7, 11) is 0. The van der Waals surface area contributed by atoms with E-state index in [0.717, 1.165) is 38.3 Å². The van der Waals surface area contributed by atoms with Gasteiger partial charge in [0.25, 0.3) is 0 Å². The summed E-state index contributed by atoms with van der Waals surface area (Å²) in [6.07, 6.45) is 2.38. The first-order valence-electron chi connectivity index (χ1n) is 7.59. The Hall–Kier alpha value is -1.06. The van der Waals surface area contributed by atoms with Crippen LogP contribution in [-0.4, -0.2) is 24.9 Å². The molecule has 1 aromatic carbocycles. The minimum atomic E-state index is -0.0530. The molecule has 0 unspecified atom stereocenters. The Morgan fingerprint density at radius 2 is 2.15 bits per heavy atom. The summed E-state index contributed by atoms with van der Waals surface area (Å²) in [6, 6.07) is 6.52. The van der Waals surface area contributed by atoms with Gasteiger partial charge in [0, 0.05) is 19.6 Å². The van der Waals surface area contributed by atoms with Crippen molar-refractivity contribution >= 4 is 0 Å².